The molecule has 25 heavy (non-hydrogen) atoms. The first-order chi connectivity index (χ1) is 11.7. The summed E-state index contributed by atoms with van der Waals surface area (Å²) >= 11 is 0. The van der Waals surface area contributed by atoms with Crippen LogP contribution in [0.4, 0.5) is 0 Å². The van der Waals surface area contributed by atoms with Gasteiger partial charge in [0, 0.05) is 33.2 Å². The number of nitrogens with one attached hydrogen (secondary N) is 1. The molecule has 1 atom stereocenters. The van der Waals surface area contributed by atoms with Crippen LogP contribution in [0.1, 0.15) is 39.0 Å². The molecule has 2 aliphatic rings. The quantitative estimate of drug-likeness (QED) is 0.294. The highest BCUT2D eigenvalue weighted by molar-refractivity contribution is 14.0. The predicted molar refractivity (Wildman–Crippen MR) is 108 cm³/mol. The Bertz CT molecular complexity index is 467. The molecule has 0 aliphatic carbocycles. The Morgan fingerprint density at radius 3 is 2.44 bits per heavy atom. The molecule has 1 unspecified atom stereocenters. The average molecular weight is 466 g/mol. The second kappa shape index (κ2) is 11.5. The van der Waals surface area contributed by atoms with Crippen molar-refractivity contribution in [1.29, 1.82) is 0 Å². The van der Waals surface area contributed by atoms with Crippen LogP contribution in [-0.2, 0) is 14.3 Å². The molecule has 0 aromatic heterocycles. The van der Waals surface area contributed by atoms with Gasteiger partial charge in [0.1, 0.15) is 0 Å². The lowest BCUT2D eigenvalue weighted by molar-refractivity contribution is -0.149. The summed E-state index contributed by atoms with van der Waals surface area (Å²) in [7, 11) is 1.71. The van der Waals surface area contributed by atoms with Crippen molar-refractivity contribution in [2.45, 2.75) is 39.0 Å². The highest BCUT2D eigenvalue weighted by Crippen LogP contribution is 2.18. The summed E-state index contributed by atoms with van der Waals surface area (Å²) in [6.07, 6.45) is 5.16. The molecule has 2 aliphatic heterocycles. The minimum Gasteiger partial charge on any atom is -0.466 e. The second-order valence-electron chi connectivity index (χ2n) is 6.38. The van der Waals surface area contributed by atoms with Crippen LogP contribution in [0.2, 0.25) is 0 Å². The fourth-order valence-electron chi connectivity index (χ4n) is 3.36. The van der Waals surface area contributed by atoms with E-state index in [1.807, 2.05) is 11.8 Å². The van der Waals surface area contributed by atoms with Crippen molar-refractivity contribution in [3.05, 3.63) is 0 Å². The molecule has 2 rings (SSSR count). The Kier molecular flexibility index (Phi) is 10.1. The molecule has 1 amide bonds. The van der Waals surface area contributed by atoms with Gasteiger partial charge in [0.2, 0.25) is 5.91 Å². The van der Waals surface area contributed by atoms with Crippen LogP contribution < -0.4 is 5.32 Å². The summed E-state index contributed by atoms with van der Waals surface area (Å²) < 4.78 is 5.13. The molecular weight excluding hydrogens is 435 g/mol. The van der Waals surface area contributed by atoms with E-state index in [-0.39, 0.29) is 48.3 Å². The van der Waals surface area contributed by atoms with Crippen molar-refractivity contribution in [1.82, 2.24) is 15.1 Å². The largest absolute Gasteiger partial charge is 0.466 e. The zero-order chi connectivity index (χ0) is 17.4. The molecule has 0 bridgehead atoms. The van der Waals surface area contributed by atoms with E-state index in [2.05, 4.69) is 15.2 Å². The van der Waals surface area contributed by atoms with Crippen LogP contribution in [0.5, 0.6) is 0 Å². The number of ether oxygens (including phenoxy) is 1. The van der Waals surface area contributed by atoms with Gasteiger partial charge in [0.05, 0.1) is 19.1 Å². The number of carbonyl (C=O) groups is 2. The summed E-state index contributed by atoms with van der Waals surface area (Å²) in [5, 5.41) is 3.16. The van der Waals surface area contributed by atoms with Crippen molar-refractivity contribution in [3.8, 4) is 0 Å². The van der Waals surface area contributed by atoms with E-state index >= 15 is 0 Å². The summed E-state index contributed by atoms with van der Waals surface area (Å²) in [6.45, 7) is 5.64. The van der Waals surface area contributed by atoms with E-state index in [0.717, 1.165) is 45.3 Å². The molecule has 0 aromatic rings. The monoisotopic (exact) mass is 466 g/mol. The molecule has 0 spiro atoms. The number of carbonyl (C=O) groups excluding carboxylic acids is 2. The number of rotatable bonds is 4. The number of aliphatic imine (C=N–C) groups is 1. The van der Waals surface area contributed by atoms with Gasteiger partial charge in [0.15, 0.2) is 5.96 Å². The lowest BCUT2D eigenvalue weighted by atomic mass is 9.98. The Hall–Kier alpha value is -1.06. The maximum atomic E-state index is 12.3. The average Bonchev–Trinajstić information content (AvgIpc) is 2.63. The number of hydrogen-bond donors (Lipinski definition) is 1. The van der Waals surface area contributed by atoms with Crippen LogP contribution >= 0.6 is 24.0 Å². The molecular formula is C17H31IN4O3. The molecule has 0 radical (unpaired) electrons. The van der Waals surface area contributed by atoms with E-state index in [9.17, 15) is 9.59 Å². The second-order valence-corrected chi connectivity index (χ2v) is 6.38. The lowest BCUT2D eigenvalue weighted by Gasteiger charge is -2.34. The number of hydrogen-bond acceptors (Lipinski definition) is 4. The van der Waals surface area contributed by atoms with E-state index in [4.69, 9.17) is 4.74 Å². The summed E-state index contributed by atoms with van der Waals surface area (Å²) in [5.74, 6) is 0.557. The summed E-state index contributed by atoms with van der Waals surface area (Å²) in [6, 6.07) is 0. The zero-order valence-electron chi connectivity index (χ0n) is 15.3. The lowest BCUT2D eigenvalue weighted by Crippen LogP contribution is -2.51. The Balaban J connectivity index is 0.00000312. The van der Waals surface area contributed by atoms with Gasteiger partial charge in [-0.3, -0.25) is 14.6 Å². The number of esters is 1. The summed E-state index contributed by atoms with van der Waals surface area (Å²) in [4.78, 5) is 32.5. The van der Waals surface area contributed by atoms with E-state index in [1.165, 1.54) is 6.42 Å². The number of guanidine groups is 1. The highest BCUT2D eigenvalue weighted by Gasteiger charge is 2.28. The SMILES string of the molecule is CCOC(=O)C1CCCN(C(=NC)NCC(=O)N2CCCCC2)C1.I. The number of halogens is 1. The first-order valence-corrected chi connectivity index (χ1v) is 9.05. The van der Waals surface area contributed by atoms with Gasteiger partial charge in [-0.25, -0.2) is 0 Å². The van der Waals surface area contributed by atoms with Gasteiger partial charge in [0.25, 0.3) is 0 Å². The fourth-order valence-corrected chi connectivity index (χ4v) is 3.36. The summed E-state index contributed by atoms with van der Waals surface area (Å²) in [5.41, 5.74) is 0. The van der Waals surface area contributed by atoms with Crippen molar-refractivity contribution in [2.24, 2.45) is 10.9 Å². The fraction of sp³-hybridized carbons (Fsp3) is 0.824. The topological polar surface area (TPSA) is 74.2 Å². The number of piperidine rings is 2. The first-order valence-electron chi connectivity index (χ1n) is 9.05. The standard InChI is InChI=1S/C17H30N4O3.HI/c1-3-24-16(23)14-8-7-11-21(13-14)17(18-2)19-12-15(22)20-9-5-4-6-10-20;/h14H,3-13H2,1-2H3,(H,18,19);1H. The molecule has 2 saturated heterocycles. The Morgan fingerprint density at radius 2 is 1.80 bits per heavy atom. The van der Waals surface area contributed by atoms with Crippen LogP contribution in [0, 0.1) is 5.92 Å². The highest BCUT2D eigenvalue weighted by atomic mass is 127. The normalized spacial score (nSPS) is 21.4. The van der Waals surface area contributed by atoms with Gasteiger partial charge < -0.3 is 19.9 Å². The minimum atomic E-state index is -0.137. The van der Waals surface area contributed by atoms with Crippen LogP contribution in [0.3, 0.4) is 0 Å². The molecule has 0 aromatic carbocycles. The maximum Gasteiger partial charge on any atom is 0.310 e. The predicted octanol–water partition coefficient (Wildman–Crippen LogP) is 1.47. The molecule has 2 fully saturated rings. The third-order valence-corrected chi connectivity index (χ3v) is 4.66. The van der Waals surface area contributed by atoms with Crippen molar-refractivity contribution < 1.29 is 14.3 Å². The number of amides is 1. The molecule has 1 N–H and O–H groups in total. The van der Waals surface area contributed by atoms with Crippen molar-refractivity contribution >= 4 is 41.8 Å². The molecule has 144 valence electrons. The van der Waals surface area contributed by atoms with E-state index in [0.29, 0.717) is 19.1 Å². The smallest absolute Gasteiger partial charge is 0.310 e. The van der Waals surface area contributed by atoms with Gasteiger partial charge >= 0.3 is 5.97 Å². The number of nitrogens with zero attached hydrogens (tertiary/aromatic N) is 3. The maximum absolute atomic E-state index is 12.3. The third kappa shape index (κ3) is 6.63. The Morgan fingerprint density at radius 1 is 1.12 bits per heavy atom. The molecule has 2 heterocycles. The van der Waals surface area contributed by atoms with Gasteiger partial charge in [-0.15, -0.1) is 24.0 Å². The van der Waals surface area contributed by atoms with Crippen molar-refractivity contribution in [3.63, 3.8) is 0 Å². The Labute approximate surface area is 167 Å². The minimum absolute atomic E-state index is 0. The zero-order valence-corrected chi connectivity index (χ0v) is 17.7. The van der Waals surface area contributed by atoms with Gasteiger partial charge in [-0.1, -0.05) is 0 Å². The molecule has 8 heteroatoms. The number of likely N-dealkylation sites (tertiary alicyclic amines) is 2. The van der Waals surface area contributed by atoms with Crippen LogP contribution in [0.25, 0.3) is 0 Å². The molecule has 0 saturated carbocycles. The van der Waals surface area contributed by atoms with Crippen LogP contribution in [0.15, 0.2) is 4.99 Å². The first kappa shape index (κ1) is 22.0. The van der Waals surface area contributed by atoms with Crippen LogP contribution in [-0.4, -0.2) is 74.0 Å². The molecule has 7 nitrogen and oxygen atoms in total. The van der Waals surface area contributed by atoms with E-state index < -0.39 is 0 Å². The van der Waals surface area contributed by atoms with E-state index in [1.54, 1.807) is 7.05 Å². The van der Waals surface area contributed by atoms with Gasteiger partial charge in [-0.05, 0) is 39.0 Å². The van der Waals surface area contributed by atoms with Gasteiger partial charge in [-0.2, -0.15) is 0 Å². The van der Waals surface area contributed by atoms with Crippen molar-refractivity contribution in [2.75, 3.05) is 46.4 Å². The third-order valence-electron chi connectivity index (χ3n) is 4.66.